The lowest BCUT2D eigenvalue weighted by Gasteiger charge is -2.43. The summed E-state index contributed by atoms with van der Waals surface area (Å²) in [7, 11) is 0. The molecule has 9 heteroatoms. The number of Topliss-reactive ketones (excluding diaryl/α,β-unsaturated/α-hetero) is 1. The van der Waals surface area contributed by atoms with Gasteiger partial charge in [-0.15, -0.1) is 11.3 Å². The molecule has 1 aromatic carbocycles. The molecule has 0 saturated carbocycles. The van der Waals surface area contributed by atoms with Crippen molar-refractivity contribution in [2.45, 2.75) is 64.7 Å². The lowest BCUT2D eigenvalue weighted by molar-refractivity contribution is -0.384. The summed E-state index contributed by atoms with van der Waals surface area (Å²) in [6.45, 7) is 4.04. The van der Waals surface area contributed by atoms with Crippen LogP contribution in [-0.2, 0) is 17.6 Å². The average Bonchev–Trinajstić information content (AvgIpc) is 3.02. The summed E-state index contributed by atoms with van der Waals surface area (Å²) >= 11 is 1.53. The van der Waals surface area contributed by atoms with Gasteiger partial charge in [-0.25, -0.2) is 0 Å². The number of carbonyl (C=O) groups is 1. The maximum absolute atomic E-state index is 13.7. The van der Waals surface area contributed by atoms with Crippen molar-refractivity contribution in [2.75, 3.05) is 4.90 Å². The van der Waals surface area contributed by atoms with E-state index in [-0.39, 0.29) is 34.7 Å². The molecule has 2 aromatic rings. The highest BCUT2D eigenvalue weighted by Crippen LogP contribution is 2.52. The van der Waals surface area contributed by atoms with Crippen LogP contribution >= 0.6 is 11.3 Å². The van der Waals surface area contributed by atoms with Crippen LogP contribution in [0.15, 0.2) is 46.9 Å². The summed E-state index contributed by atoms with van der Waals surface area (Å²) in [6.07, 6.45) is 5.71. The highest BCUT2D eigenvalue weighted by atomic mass is 32.1. The molecule has 0 bridgehead atoms. The molecule has 0 spiro atoms. The fourth-order valence-electron chi connectivity index (χ4n) is 5.89. The number of nitrogens with two attached hydrogens (primary N) is 1. The summed E-state index contributed by atoms with van der Waals surface area (Å²) in [6, 6.07) is 10.7. The number of fused-ring (bicyclic) bond motifs is 1. The first-order chi connectivity index (χ1) is 17.7. The minimum atomic E-state index is -0.803. The number of non-ortho nitro benzene ring substituents is 1. The van der Waals surface area contributed by atoms with Gasteiger partial charge in [-0.2, -0.15) is 10.5 Å². The first-order valence-electron chi connectivity index (χ1n) is 12.4. The molecule has 188 valence electrons. The Hall–Kier alpha value is -3.95. The van der Waals surface area contributed by atoms with Crippen LogP contribution in [0.5, 0.6) is 0 Å². The molecule has 37 heavy (non-hydrogen) atoms. The first-order valence-corrected chi connectivity index (χ1v) is 13.2. The Labute approximate surface area is 219 Å². The van der Waals surface area contributed by atoms with Crippen molar-refractivity contribution < 1.29 is 9.72 Å². The van der Waals surface area contributed by atoms with Crippen LogP contribution in [0.2, 0.25) is 0 Å². The van der Waals surface area contributed by atoms with E-state index in [0.717, 1.165) is 37.7 Å². The summed E-state index contributed by atoms with van der Waals surface area (Å²) < 4.78 is 0. The normalized spacial score (nSPS) is 21.0. The maximum Gasteiger partial charge on any atom is 0.269 e. The largest absolute Gasteiger partial charge is 0.384 e. The number of hydrogen-bond donors (Lipinski definition) is 1. The second-order valence-corrected chi connectivity index (χ2v) is 11.8. The minimum absolute atomic E-state index is 0.107. The molecule has 5 rings (SSSR count). The van der Waals surface area contributed by atoms with E-state index in [1.54, 1.807) is 17.0 Å². The smallest absolute Gasteiger partial charge is 0.269 e. The van der Waals surface area contributed by atoms with Crippen LogP contribution in [0.3, 0.4) is 0 Å². The lowest BCUT2D eigenvalue weighted by Crippen LogP contribution is -2.42. The molecule has 1 aromatic heterocycles. The van der Waals surface area contributed by atoms with E-state index in [1.165, 1.54) is 28.3 Å². The monoisotopic (exact) mass is 513 g/mol. The topological polar surface area (TPSA) is 137 Å². The van der Waals surface area contributed by atoms with Crippen molar-refractivity contribution in [3.63, 3.8) is 0 Å². The van der Waals surface area contributed by atoms with E-state index >= 15 is 0 Å². The fraction of sp³-hybridized carbons (Fsp3) is 0.393. The Bertz CT molecular complexity index is 1480. The molecule has 0 radical (unpaired) electrons. The van der Waals surface area contributed by atoms with E-state index in [1.807, 2.05) is 13.8 Å². The van der Waals surface area contributed by atoms with Crippen LogP contribution in [0.1, 0.15) is 73.4 Å². The number of anilines is 1. The van der Waals surface area contributed by atoms with Crippen LogP contribution in [0, 0.1) is 38.2 Å². The first kappa shape index (κ1) is 24.7. The molecule has 2 aliphatic carbocycles. The Morgan fingerprint density at radius 2 is 1.92 bits per heavy atom. The van der Waals surface area contributed by atoms with Crippen molar-refractivity contribution >= 4 is 27.8 Å². The predicted octanol–water partition coefficient (Wildman–Crippen LogP) is 5.74. The molecular weight excluding hydrogens is 486 g/mol. The number of carbonyl (C=O) groups excluding carboxylic acids is 1. The third-order valence-corrected chi connectivity index (χ3v) is 8.79. The zero-order valence-corrected chi connectivity index (χ0v) is 21.7. The van der Waals surface area contributed by atoms with E-state index in [4.69, 9.17) is 5.73 Å². The number of benzene rings is 1. The molecule has 1 aliphatic heterocycles. The van der Waals surface area contributed by atoms with Crippen LogP contribution in [0.25, 0.3) is 0 Å². The van der Waals surface area contributed by atoms with Gasteiger partial charge in [0.15, 0.2) is 5.78 Å². The van der Waals surface area contributed by atoms with Crippen LogP contribution in [-0.4, -0.2) is 10.7 Å². The molecule has 2 heterocycles. The van der Waals surface area contributed by atoms with Gasteiger partial charge in [-0.05, 0) is 48.6 Å². The summed E-state index contributed by atoms with van der Waals surface area (Å²) in [4.78, 5) is 27.7. The van der Waals surface area contributed by atoms with Crippen LogP contribution in [0.4, 0.5) is 10.7 Å². The quantitative estimate of drug-likeness (QED) is 0.314. The molecule has 1 atom stereocenters. The van der Waals surface area contributed by atoms with Gasteiger partial charge in [0.25, 0.3) is 5.69 Å². The van der Waals surface area contributed by atoms with Gasteiger partial charge >= 0.3 is 0 Å². The van der Waals surface area contributed by atoms with E-state index < -0.39 is 10.8 Å². The third kappa shape index (κ3) is 4.10. The second-order valence-electron chi connectivity index (χ2n) is 10.7. The van der Waals surface area contributed by atoms with Gasteiger partial charge in [0, 0.05) is 34.7 Å². The van der Waals surface area contributed by atoms with E-state index in [2.05, 4.69) is 12.1 Å². The molecule has 0 unspecified atom stereocenters. The van der Waals surface area contributed by atoms with Gasteiger partial charge in [0.05, 0.1) is 28.0 Å². The average molecular weight is 514 g/mol. The number of hydrogen-bond acceptors (Lipinski definition) is 8. The van der Waals surface area contributed by atoms with Gasteiger partial charge in [-0.3, -0.25) is 19.8 Å². The van der Waals surface area contributed by atoms with Crippen molar-refractivity contribution in [1.29, 1.82) is 10.5 Å². The van der Waals surface area contributed by atoms with Crippen molar-refractivity contribution in [3.05, 3.63) is 78.6 Å². The Kier molecular flexibility index (Phi) is 6.13. The molecular formula is C28H27N5O3S. The minimum Gasteiger partial charge on any atom is -0.384 e. The standard InChI is InChI=1S/C28H27N5O3S/c1-28(2)12-21-25(22(34)13-28)24(16-7-6-8-17(11-16)33(35)36)20(15-30)26(31)32(21)27-19(14-29)18-9-4-3-5-10-23(18)37-27/h6-8,11,24H,3-5,9-10,12-13,31H2,1-2H3/t24-/m0/s1. The highest BCUT2D eigenvalue weighted by molar-refractivity contribution is 7.16. The van der Waals surface area contributed by atoms with E-state index in [0.29, 0.717) is 33.8 Å². The van der Waals surface area contributed by atoms with Crippen molar-refractivity contribution in [1.82, 2.24) is 0 Å². The summed E-state index contributed by atoms with van der Waals surface area (Å²) in [5.74, 6) is -0.733. The number of aryl methyl sites for hydroxylation is 1. The lowest BCUT2D eigenvalue weighted by atomic mass is 9.68. The molecule has 2 N–H and O–H groups in total. The van der Waals surface area contributed by atoms with Crippen molar-refractivity contribution in [3.8, 4) is 12.1 Å². The molecule has 0 saturated heterocycles. The molecule has 8 nitrogen and oxygen atoms in total. The van der Waals surface area contributed by atoms with Gasteiger partial charge in [0.2, 0.25) is 0 Å². The summed E-state index contributed by atoms with van der Waals surface area (Å²) in [5, 5.41) is 32.7. The number of nitrogens with zero attached hydrogens (tertiary/aromatic N) is 4. The number of thiophene rings is 1. The number of ketones is 1. The fourth-order valence-corrected chi connectivity index (χ4v) is 7.27. The predicted molar refractivity (Wildman–Crippen MR) is 140 cm³/mol. The highest BCUT2D eigenvalue weighted by Gasteiger charge is 2.46. The van der Waals surface area contributed by atoms with E-state index in [9.17, 15) is 25.4 Å². The second kappa shape index (κ2) is 9.17. The Morgan fingerprint density at radius 1 is 1.16 bits per heavy atom. The number of nitro benzene ring substituents is 1. The maximum atomic E-state index is 13.7. The number of nitro groups is 1. The molecule has 0 fully saturated rings. The number of nitriles is 2. The molecule has 3 aliphatic rings. The zero-order valence-electron chi connectivity index (χ0n) is 20.8. The number of allylic oxidation sites excluding steroid dienone is 3. The zero-order chi connectivity index (χ0) is 26.5. The third-order valence-electron chi connectivity index (χ3n) is 7.51. The van der Waals surface area contributed by atoms with Crippen molar-refractivity contribution in [2.24, 2.45) is 11.1 Å². The SMILES string of the molecule is CC1(C)CC(=O)C2=C(C1)N(c1sc3c(c1C#N)CCCCC3)C(N)=C(C#N)[C@@H]2c1cccc([N+](=O)[O-])c1. The number of rotatable bonds is 3. The van der Waals surface area contributed by atoms with Gasteiger partial charge < -0.3 is 5.73 Å². The summed E-state index contributed by atoms with van der Waals surface area (Å²) in [5.41, 5.74) is 9.67. The Balaban J connectivity index is 1.78. The van der Waals surface area contributed by atoms with Gasteiger partial charge in [-0.1, -0.05) is 32.4 Å². The Morgan fingerprint density at radius 3 is 2.62 bits per heavy atom. The van der Waals surface area contributed by atoms with Crippen LogP contribution < -0.4 is 10.6 Å². The molecule has 0 amide bonds. The van der Waals surface area contributed by atoms with Gasteiger partial charge in [0.1, 0.15) is 16.9 Å².